The molecule has 0 amide bonds. The topological polar surface area (TPSA) is 26.3 Å². The Balaban J connectivity index is 2.28. The van der Waals surface area contributed by atoms with Gasteiger partial charge < -0.3 is 4.74 Å². The highest BCUT2D eigenvalue weighted by Gasteiger charge is 2.32. The Bertz CT molecular complexity index is 281. The van der Waals surface area contributed by atoms with Crippen LogP contribution in [0.5, 0.6) is 0 Å². The lowest BCUT2D eigenvalue weighted by Crippen LogP contribution is -2.29. The normalized spacial score (nSPS) is 35.8. The number of hydrogen-bond acceptors (Lipinski definition) is 2. The van der Waals surface area contributed by atoms with E-state index in [0.717, 1.165) is 24.8 Å². The molecule has 3 heteroatoms. The molecule has 0 unspecified atom stereocenters. The molecule has 2 rings (SSSR count). The van der Waals surface area contributed by atoms with Crippen LogP contribution in [-0.2, 0) is 9.53 Å². The molecule has 2 aliphatic rings. The zero-order chi connectivity index (χ0) is 9.26. The Morgan fingerprint density at radius 2 is 2.46 bits per heavy atom. The third-order valence-corrected chi connectivity index (χ3v) is 3.06. The van der Waals surface area contributed by atoms with Gasteiger partial charge in [-0.25, -0.2) is 4.79 Å². The number of allylic oxidation sites excluding steroid dienone is 2. The number of carbonyl (C=O) groups excluding carboxylic acids is 1. The van der Waals surface area contributed by atoms with Gasteiger partial charge in [-0.05, 0) is 24.2 Å². The first kappa shape index (κ1) is 9.00. The fourth-order valence-electron chi connectivity index (χ4n) is 1.86. The molecule has 0 spiro atoms. The summed E-state index contributed by atoms with van der Waals surface area (Å²) in [5.74, 6) is 0.0952. The minimum atomic E-state index is -0.162. The Morgan fingerprint density at radius 3 is 3.23 bits per heavy atom. The lowest BCUT2D eigenvalue weighted by molar-refractivity contribution is -0.148. The monoisotopic (exact) mass is 242 g/mol. The van der Waals surface area contributed by atoms with Crippen molar-refractivity contribution < 1.29 is 9.53 Å². The first-order valence-electron chi connectivity index (χ1n) is 4.49. The highest BCUT2D eigenvalue weighted by atomic mass is 79.9. The van der Waals surface area contributed by atoms with Gasteiger partial charge >= 0.3 is 5.97 Å². The third-order valence-electron chi connectivity index (χ3n) is 2.57. The molecular weight excluding hydrogens is 232 g/mol. The maximum Gasteiger partial charge on any atom is 0.335 e. The Hall–Kier alpha value is -0.570. The number of ether oxygens (including phenoxy) is 1. The highest BCUT2D eigenvalue weighted by molar-refractivity contribution is 9.11. The van der Waals surface area contributed by atoms with E-state index >= 15 is 0 Å². The molecule has 0 N–H and O–H groups in total. The van der Waals surface area contributed by atoms with Gasteiger partial charge in [0.2, 0.25) is 0 Å². The second-order valence-corrected chi connectivity index (χ2v) is 3.90. The minimum absolute atomic E-state index is 0.128. The quantitative estimate of drug-likeness (QED) is 0.371. The molecule has 2 atom stereocenters. The van der Waals surface area contributed by atoms with Gasteiger partial charge in [-0.3, -0.25) is 0 Å². The fourth-order valence-corrected chi connectivity index (χ4v) is 2.38. The van der Waals surface area contributed by atoms with Crippen LogP contribution in [0, 0.1) is 5.92 Å². The van der Waals surface area contributed by atoms with Crippen molar-refractivity contribution >= 4 is 21.9 Å². The molecule has 0 aromatic carbocycles. The first-order valence-corrected chi connectivity index (χ1v) is 5.40. The summed E-state index contributed by atoms with van der Waals surface area (Å²) < 4.78 is 5.26. The van der Waals surface area contributed by atoms with Crippen molar-refractivity contribution in [3.8, 4) is 0 Å². The van der Waals surface area contributed by atoms with Crippen LogP contribution in [0.1, 0.15) is 19.3 Å². The van der Waals surface area contributed by atoms with Crippen molar-refractivity contribution in [1.29, 1.82) is 0 Å². The maximum atomic E-state index is 11.4. The van der Waals surface area contributed by atoms with Crippen LogP contribution in [-0.4, -0.2) is 12.1 Å². The molecule has 2 bridgehead atoms. The Kier molecular flexibility index (Phi) is 2.54. The van der Waals surface area contributed by atoms with Gasteiger partial charge in [0.25, 0.3) is 0 Å². The molecular formula is C10H11BrO2. The van der Waals surface area contributed by atoms with E-state index in [2.05, 4.69) is 28.1 Å². The number of rotatable bonds is 0. The molecule has 0 saturated carbocycles. The molecule has 1 aliphatic carbocycles. The van der Waals surface area contributed by atoms with Crippen molar-refractivity contribution in [3.63, 3.8) is 0 Å². The van der Waals surface area contributed by atoms with Gasteiger partial charge in [0.05, 0.1) is 5.57 Å². The van der Waals surface area contributed by atoms with Crippen LogP contribution in [0.2, 0.25) is 0 Å². The van der Waals surface area contributed by atoms with E-state index in [1.54, 1.807) is 4.99 Å². The summed E-state index contributed by atoms with van der Waals surface area (Å²) in [5.41, 5.74) is 0.745. The second kappa shape index (κ2) is 3.66. The van der Waals surface area contributed by atoms with Crippen molar-refractivity contribution in [2.75, 3.05) is 0 Å². The van der Waals surface area contributed by atoms with Gasteiger partial charge in [0.15, 0.2) is 0 Å². The van der Waals surface area contributed by atoms with E-state index in [0.29, 0.717) is 0 Å². The zero-order valence-corrected chi connectivity index (χ0v) is 8.79. The Labute approximate surface area is 85.8 Å². The molecule has 1 heterocycles. The van der Waals surface area contributed by atoms with Crippen LogP contribution in [0.3, 0.4) is 0 Å². The lowest BCUT2D eigenvalue weighted by Gasteiger charge is -2.27. The van der Waals surface area contributed by atoms with Gasteiger partial charge in [0.1, 0.15) is 6.10 Å². The number of hydrogen-bond donors (Lipinski definition) is 0. The predicted octanol–water partition coefficient (Wildman–Crippen LogP) is 2.55. The van der Waals surface area contributed by atoms with Gasteiger partial charge in [-0.15, -0.1) is 0 Å². The van der Waals surface area contributed by atoms with Crippen LogP contribution < -0.4 is 0 Å². The van der Waals surface area contributed by atoms with Gasteiger partial charge in [-0.1, -0.05) is 28.1 Å². The lowest BCUT2D eigenvalue weighted by atomic mass is 9.92. The van der Waals surface area contributed by atoms with Crippen molar-refractivity contribution in [3.05, 3.63) is 22.7 Å². The largest absolute Gasteiger partial charge is 0.459 e. The number of esters is 1. The van der Waals surface area contributed by atoms with Crippen molar-refractivity contribution in [2.45, 2.75) is 25.4 Å². The molecule has 0 aromatic heterocycles. The van der Waals surface area contributed by atoms with Crippen LogP contribution in [0.25, 0.3) is 0 Å². The van der Waals surface area contributed by atoms with Crippen molar-refractivity contribution in [1.82, 2.24) is 0 Å². The van der Waals surface area contributed by atoms with Crippen LogP contribution >= 0.6 is 15.9 Å². The molecule has 70 valence electrons. The average molecular weight is 243 g/mol. The van der Waals surface area contributed by atoms with Crippen molar-refractivity contribution in [2.24, 2.45) is 5.92 Å². The SMILES string of the molecule is O=C1O[C@@H]2CCC=C[C@@H](C2)/C1=C/Br. The van der Waals surface area contributed by atoms with E-state index in [-0.39, 0.29) is 18.0 Å². The molecule has 0 aromatic rings. The summed E-state index contributed by atoms with van der Waals surface area (Å²) in [4.78, 5) is 13.1. The zero-order valence-electron chi connectivity index (χ0n) is 7.20. The number of fused-ring (bicyclic) bond motifs is 2. The second-order valence-electron chi connectivity index (χ2n) is 3.44. The summed E-state index contributed by atoms with van der Waals surface area (Å²) in [6, 6.07) is 0. The number of carbonyl (C=O) groups is 1. The fraction of sp³-hybridized carbons (Fsp3) is 0.500. The molecule has 2 nitrogen and oxygen atoms in total. The van der Waals surface area contributed by atoms with E-state index < -0.39 is 0 Å². The average Bonchev–Trinajstić information content (AvgIpc) is 2.29. The first-order chi connectivity index (χ1) is 6.31. The van der Waals surface area contributed by atoms with Gasteiger partial charge in [-0.2, -0.15) is 0 Å². The van der Waals surface area contributed by atoms with E-state index in [4.69, 9.17) is 4.74 Å². The van der Waals surface area contributed by atoms with Crippen LogP contribution in [0.4, 0.5) is 0 Å². The van der Waals surface area contributed by atoms with Crippen LogP contribution in [0.15, 0.2) is 22.7 Å². The molecule has 0 radical (unpaired) electrons. The summed E-state index contributed by atoms with van der Waals surface area (Å²) >= 11 is 3.21. The standard InChI is InChI=1S/C10H11BrO2/c11-6-9-7-3-1-2-4-8(5-7)13-10(9)12/h1,3,6-8H,2,4-5H2/b9-6-/t7-,8+/m0/s1. The summed E-state index contributed by atoms with van der Waals surface area (Å²) in [6.45, 7) is 0. The molecule has 1 aliphatic heterocycles. The van der Waals surface area contributed by atoms with Gasteiger partial charge in [0, 0.05) is 5.92 Å². The molecule has 1 fully saturated rings. The highest BCUT2D eigenvalue weighted by Crippen LogP contribution is 2.32. The third kappa shape index (κ3) is 1.70. The molecule has 1 saturated heterocycles. The predicted molar refractivity (Wildman–Crippen MR) is 53.4 cm³/mol. The summed E-state index contributed by atoms with van der Waals surface area (Å²) in [7, 11) is 0. The summed E-state index contributed by atoms with van der Waals surface area (Å²) in [5, 5.41) is 0. The maximum absolute atomic E-state index is 11.4. The Morgan fingerprint density at radius 1 is 1.62 bits per heavy atom. The number of halogens is 1. The molecule has 13 heavy (non-hydrogen) atoms. The van der Waals surface area contributed by atoms with E-state index in [9.17, 15) is 4.79 Å². The smallest absolute Gasteiger partial charge is 0.335 e. The van der Waals surface area contributed by atoms with E-state index in [1.807, 2.05) is 0 Å². The van der Waals surface area contributed by atoms with E-state index in [1.165, 1.54) is 0 Å². The minimum Gasteiger partial charge on any atom is -0.459 e. The summed E-state index contributed by atoms with van der Waals surface area (Å²) in [6.07, 6.45) is 7.32.